The number of carbonyl (C=O) groups is 1. The minimum absolute atomic E-state index is 0.335. The van der Waals surface area contributed by atoms with Crippen LogP contribution in [0, 0.1) is 13.8 Å². The van der Waals surface area contributed by atoms with Gasteiger partial charge in [0.25, 0.3) is 0 Å². The highest BCUT2D eigenvalue weighted by Crippen LogP contribution is 2.25. The lowest BCUT2D eigenvalue weighted by molar-refractivity contribution is 0.0695. The lowest BCUT2D eigenvalue weighted by Gasteiger charge is -2.11. The molecule has 4 heteroatoms. The zero-order valence-corrected chi connectivity index (χ0v) is 9.65. The fourth-order valence-electron chi connectivity index (χ4n) is 1.79. The molecule has 2 rings (SSSR count). The number of carboxylic acid groups (broad SMARTS) is 1. The van der Waals surface area contributed by atoms with Crippen molar-refractivity contribution >= 4 is 17.5 Å². The van der Waals surface area contributed by atoms with E-state index in [0.29, 0.717) is 17.0 Å². The van der Waals surface area contributed by atoms with Gasteiger partial charge in [0.2, 0.25) is 0 Å². The second-order valence-corrected chi connectivity index (χ2v) is 3.84. The van der Waals surface area contributed by atoms with E-state index in [1.54, 1.807) is 38.3 Å². The Morgan fingerprint density at radius 2 is 2.06 bits per heavy atom. The van der Waals surface area contributed by atoms with Gasteiger partial charge in [-0.25, -0.2) is 4.79 Å². The van der Waals surface area contributed by atoms with E-state index < -0.39 is 5.97 Å². The highest BCUT2D eigenvalue weighted by atomic mass is 16.4. The number of furan rings is 1. The number of anilines is 2. The maximum absolute atomic E-state index is 11.1. The lowest BCUT2D eigenvalue weighted by Crippen LogP contribution is -2.05. The predicted octanol–water partition coefficient (Wildman–Crippen LogP) is 3.34. The molecule has 1 aromatic heterocycles. The monoisotopic (exact) mass is 231 g/mol. The Bertz CT molecular complexity index is 544. The van der Waals surface area contributed by atoms with E-state index in [0.717, 1.165) is 11.3 Å². The molecule has 0 fully saturated rings. The van der Waals surface area contributed by atoms with E-state index in [1.807, 2.05) is 6.07 Å². The first kappa shape index (κ1) is 11.3. The first-order valence-electron chi connectivity index (χ1n) is 5.23. The summed E-state index contributed by atoms with van der Waals surface area (Å²) in [5.74, 6) is -0.323. The van der Waals surface area contributed by atoms with Crippen LogP contribution in [0.25, 0.3) is 0 Å². The number of nitrogens with one attached hydrogen (secondary N) is 1. The molecule has 0 aliphatic heterocycles. The van der Waals surface area contributed by atoms with Gasteiger partial charge in [-0.3, -0.25) is 0 Å². The van der Waals surface area contributed by atoms with Crippen molar-refractivity contribution in [2.45, 2.75) is 13.8 Å². The Labute approximate surface area is 98.9 Å². The van der Waals surface area contributed by atoms with Crippen molar-refractivity contribution in [1.82, 2.24) is 0 Å². The molecule has 0 atom stereocenters. The average molecular weight is 231 g/mol. The minimum atomic E-state index is -0.914. The Hall–Kier alpha value is -2.23. The van der Waals surface area contributed by atoms with Gasteiger partial charge in [-0.1, -0.05) is 6.07 Å². The van der Waals surface area contributed by atoms with Crippen LogP contribution in [0.5, 0.6) is 0 Å². The molecule has 0 spiro atoms. The molecule has 17 heavy (non-hydrogen) atoms. The van der Waals surface area contributed by atoms with Crippen molar-refractivity contribution < 1.29 is 14.3 Å². The van der Waals surface area contributed by atoms with Crippen molar-refractivity contribution in [3.05, 3.63) is 47.2 Å². The third kappa shape index (κ3) is 2.15. The Morgan fingerprint density at radius 3 is 2.65 bits per heavy atom. The van der Waals surface area contributed by atoms with Crippen LogP contribution in [0.3, 0.4) is 0 Å². The van der Waals surface area contributed by atoms with Crippen molar-refractivity contribution in [3.63, 3.8) is 0 Å². The van der Waals surface area contributed by atoms with Gasteiger partial charge in [0, 0.05) is 11.8 Å². The smallest absolute Gasteiger partial charge is 0.336 e. The van der Waals surface area contributed by atoms with E-state index in [4.69, 9.17) is 9.52 Å². The van der Waals surface area contributed by atoms with E-state index >= 15 is 0 Å². The molecule has 0 radical (unpaired) electrons. The molecule has 2 aromatic rings. The van der Waals surface area contributed by atoms with E-state index in [9.17, 15) is 4.79 Å². The van der Waals surface area contributed by atoms with Crippen LogP contribution in [0.4, 0.5) is 11.6 Å². The number of aromatic carboxylic acids is 1. The molecule has 0 saturated heterocycles. The second-order valence-electron chi connectivity index (χ2n) is 3.84. The van der Waals surface area contributed by atoms with Crippen LogP contribution >= 0.6 is 0 Å². The van der Waals surface area contributed by atoms with Gasteiger partial charge in [-0.2, -0.15) is 0 Å². The van der Waals surface area contributed by atoms with Crippen LogP contribution in [0.1, 0.15) is 21.5 Å². The average Bonchev–Trinajstić information content (AvgIpc) is 2.74. The summed E-state index contributed by atoms with van der Waals surface area (Å²) in [6.07, 6.45) is 1.56. The van der Waals surface area contributed by atoms with Crippen molar-refractivity contribution in [1.29, 1.82) is 0 Å². The summed E-state index contributed by atoms with van der Waals surface area (Å²) in [5.41, 5.74) is 2.53. The molecule has 1 heterocycles. The lowest BCUT2D eigenvalue weighted by atomic mass is 10.0. The molecular formula is C13H13NO3. The SMILES string of the molecule is Cc1ccc(Nc2ccco2)c(C)c1C(=O)O. The van der Waals surface area contributed by atoms with E-state index in [1.165, 1.54) is 0 Å². The molecule has 0 bridgehead atoms. The van der Waals surface area contributed by atoms with Gasteiger partial charge < -0.3 is 14.8 Å². The molecule has 1 aromatic carbocycles. The number of hydrogen-bond acceptors (Lipinski definition) is 3. The number of benzene rings is 1. The predicted molar refractivity (Wildman–Crippen MR) is 64.9 cm³/mol. The van der Waals surface area contributed by atoms with Gasteiger partial charge in [0.05, 0.1) is 11.8 Å². The fourth-order valence-corrected chi connectivity index (χ4v) is 1.79. The molecule has 0 unspecified atom stereocenters. The van der Waals surface area contributed by atoms with Gasteiger partial charge >= 0.3 is 5.97 Å². The van der Waals surface area contributed by atoms with Gasteiger partial charge in [0.15, 0.2) is 5.88 Å². The molecule has 0 saturated carbocycles. The maximum Gasteiger partial charge on any atom is 0.336 e. The van der Waals surface area contributed by atoms with Gasteiger partial charge in [0.1, 0.15) is 0 Å². The summed E-state index contributed by atoms with van der Waals surface area (Å²) in [5, 5.41) is 12.2. The number of carboxylic acids is 1. The molecule has 0 aliphatic rings. The van der Waals surface area contributed by atoms with Crippen molar-refractivity contribution in [3.8, 4) is 0 Å². The van der Waals surface area contributed by atoms with Crippen molar-refractivity contribution in [2.75, 3.05) is 5.32 Å². The third-order valence-electron chi connectivity index (χ3n) is 2.67. The van der Waals surface area contributed by atoms with Gasteiger partial charge in [-0.15, -0.1) is 0 Å². The Balaban J connectivity index is 2.42. The second kappa shape index (κ2) is 4.33. The molecular weight excluding hydrogens is 218 g/mol. The van der Waals surface area contributed by atoms with Crippen LogP contribution in [0.15, 0.2) is 34.9 Å². The standard InChI is InChI=1S/C13H13NO3/c1-8-5-6-10(9(2)12(8)13(15)16)14-11-4-3-7-17-11/h3-7,14H,1-2H3,(H,15,16). The largest absolute Gasteiger partial charge is 0.478 e. The molecule has 0 aliphatic carbocycles. The summed E-state index contributed by atoms with van der Waals surface area (Å²) in [7, 11) is 0. The summed E-state index contributed by atoms with van der Waals surface area (Å²) in [6, 6.07) is 7.17. The summed E-state index contributed by atoms with van der Waals surface area (Å²) < 4.78 is 5.16. The molecule has 88 valence electrons. The Kier molecular flexibility index (Phi) is 2.87. The van der Waals surface area contributed by atoms with Crippen LogP contribution in [-0.2, 0) is 0 Å². The normalized spacial score (nSPS) is 10.2. The minimum Gasteiger partial charge on any atom is -0.478 e. The summed E-state index contributed by atoms with van der Waals surface area (Å²) >= 11 is 0. The topological polar surface area (TPSA) is 62.5 Å². The molecule has 4 nitrogen and oxygen atoms in total. The zero-order chi connectivity index (χ0) is 12.4. The van der Waals surface area contributed by atoms with Crippen molar-refractivity contribution in [2.24, 2.45) is 0 Å². The van der Waals surface area contributed by atoms with Crippen LogP contribution in [0.2, 0.25) is 0 Å². The Morgan fingerprint density at radius 1 is 1.29 bits per heavy atom. The number of rotatable bonds is 3. The zero-order valence-electron chi connectivity index (χ0n) is 9.65. The number of aryl methyl sites for hydroxylation is 1. The van der Waals surface area contributed by atoms with Crippen LogP contribution < -0.4 is 5.32 Å². The molecule has 2 N–H and O–H groups in total. The summed E-state index contributed by atoms with van der Waals surface area (Å²) in [6.45, 7) is 3.56. The van der Waals surface area contributed by atoms with Crippen LogP contribution in [-0.4, -0.2) is 11.1 Å². The quantitative estimate of drug-likeness (QED) is 0.850. The van der Waals surface area contributed by atoms with Gasteiger partial charge in [-0.05, 0) is 37.1 Å². The first-order valence-corrected chi connectivity index (χ1v) is 5.23. The highest BCUT2D eigenvalue weighted by molar-refractivity contribution is 5.93. The van der Waals surface area contributed by atoms with E-state index in [2.05, 4.69) is 5.32 Å². The maximum atomic E-state index is 11.1. The first-order chi connectivity index (χ1) is 8.09. The number of hydrogen-bond donors (Lipinski definition) is 2. The third-order valence-corrected chi connectivity index (χ3v) is 2.67. The van der Waals surface area contributed by atoms with E-state index in [-0.39, 0.29) is 0 Å². The highest BCUT2D eigenvalue weighted by Gasteiger charge is 2.14. The molecule has 0 amide bonds. The fraction of sp³-hybridized carbons (Fsp3) is 0.154. The summed E-state index contributed by atoms with van der Waals surface area (Å²) in [4.78, 5) is 11.1.